The minimum absolute atomic E-state index is 0.743. The van der Waals surface area contributed by atoms with E-state index in [4.69, 9.17) is 0 Å². The number of nitrogens with zero attached hydrogens (tertiary/aromatic N) is 5. The second-order valence-electron chi connectivity index (χ2n) is 5.28. The Kier molecular flexibility index (Phi) is 3.33. The average Bonchev–Trinajstić information content (AvgIpc) is 2.82. The molecule has 0 aromatic carbocycles. The van der Waals surface area contributed by atoms with Crippen molar-refractivity contribution in [2.24, 2.45) is 13.0 Å². The quantitative estimate of drug-likeness (QED) is 0.884. The molecule has 0 radical (unpaired) electrons. The predicted molar refractivity (Wildman–Crippen MR) is 75.2 cm³/mol. The van der Waals surface area contributed by atoms with Crippen LogP contribution in [0, 0.1) is 5.92 Å². The predicted octanol–water partition coefficient (Wildman–Crippen LogP) is 0.799. The Morgan fingerprint density at radius 1 is 1.37 bits per heavy atom. The van der Waals surface area contributed by atoms with Crippen molar-refractivity contribution in [1.29, 1.82) is 0 Å². The van der Waals surface area contributed by atoms with Crippen LogP contribution in [0.15, 0.2) is 12.5 Å². The van der Waals surface area contributed by atoms with Crippen LogP contribution >= 0.6 is 0 Å². The molecule has 1 fully saturated rings. The maximum absolute atomic E-state index is 4.43. The first kappa shape index (κ1) is 12.3. The van der Waals surface area contributed by atoms with Crippen LogP contribution in [-0.2, 0) is 7.05 Å². The third-order valence-corrected chi connectivity index (χ3v) is 3.86. The molecule has 6 heteroatoms. The molecule has 1 aliphatic rings. The largest absolute Gasteiger partial charge is 0.359 e. The van der Waals surface area contributed by atoms with E-state index in [9.17, 15) is 0 Å². The van der Waals surface area contributed by atoms with Gasteiger partial charge >= 0.3 is 0 Å². The summed E-state index contributed by atoms with van der Waals surface area (Å²) in [6, 6.07) is 0. The highest BCUT2D eigenvalue weighted by Gasteiger charge is 2.18. The van der Waals surface area contributed by atoms with Crippen LogP contribution in [0.3, 0.4) is 0 Å². The van der Waals surface area contributed by atoms with Gasteiger partial charge in [-0.15, -0.1) is 0 Å². The van der Waals surface area contributed by atoms with Gasteiger partial charge in [-0.05, 0) is 31.8 Å². The fraction of sp³-hybridized carbons (Fsp3) is 0.615. The van der Waals surface area contributed by atoms with Gasteiger partial charge in [0.1, 0.15) is 12.1 Å². The Morgan fingerprint density at radius 3 is 2.95 bits per heavy atom. The molecule has 3 rings (SSSR count). The second-order valence-corrected chi connectivity index (χ2v) is 5.28. The smallest absolute Gasteiger partial charge is 0.163 e. The number of nitrogens with one attached hydrogen (secondary N) is 1. The lowest BCUT2D eigenvalue weighted by Crippen LogP contribution is -2.34. The SMILES string of the molecule is CN(CC1CCNCC1)c1ncnc2c1cnn2C. The van der Waals surface area contributed by atoms with Crippen LogP contribution in [0.4, 0.5) is 5.82 Å². The fourth-order valence-electron chi connectivity index (χ4n) is 2.79. The van der Waals surface area contributed by atoms with Crippen molar-refractivity contribution in [2.45, 2.75) is 12.8 Å². The van der Waals surface area contributed by atoms with Gasteiger partial charge in [-0.3, -0.25) is 4.68 Å². The number of rotatable bonds is 3. The lowest BCUT2D eigenvalue weighted by molar-refractivity contribution is 0.377. The van der Waals surface area contributed by atoms with Gasteiger partial charge < -0.3 is 10.2 Å². The van der Waals surface area contributed by atoms with Gasteiger partial charge in [0.25, 0.3) is 0 Å². The van der Waals surface area contributed by atoms with E-state index >= 15 is 0 Å². The highest BCUT2D eigenvalue weighted by molar-refractivity contribution is 5.86. The number of aryl methyl sites for hydroxylation is 1. The average molecular weight is 260 g/mol. The van der Waals surface area contributed by atoms with Crippen LogP contribution < -0.4 is 10.2 Å². The number of anilines is 1. The van der Waals surface area contributed by atoms with Crippen molar-refractivity contribution in [1.82, 2.24) is 25.1 Å². The molecule has 6 nitrogen and oxygen atoms in total. The lowest BCUT2D eigenvalue weighted by Gasteiger charge is -2.28. The maximum Gasteiger partial charge on any atom is 0.163 e. The zero-order valence-electron chi connectivity index (χ0n) is 11.5. The summed E-state index contributed by atoms with van der Waals surface area (Å²) in [5, 5.41) is 8.70. The molecule has 2 aromatic heterocycles. The van der Waals surface area contributed by atoms with E-state index in [0.717, 1.165) is 42.4 Å². The summed E-state index contributed by atoms with van der Waals surface area (Å²) in [5.74, 6) is 1.73. The molecule has 3 heterocycles. The molecule has 0 aliphatic carbocycles. The van der Waals surface area contributed by atoms with E-state index in [-0.39, 0.29) is 0 Å². The summed E-state index contributed by atoms with van der Waals surface area (Å²) in [7, 11) is 4.02. The minimum Gasteiger partial charge on any atom is -0.359 e. The van der Waals surface area contributed by atoms with Crippen molar-refractivity contribution in [2.75, 3.05) is 31.6 Å². The number of hydrogen-bond donors (Lipinski definition) is 1. The number of aromatic nitrogens is 4. The van der Waals surface area contributed by atoms with Gasteiger partial charge in [0.15, 0.2) is 5.65 Å². The molecule has 19 heavy (non-hydrogen) atoms. The van der Waals surface area contributed by atoms with Crippen molar-refractivity contribution >= 4 is 16.9 Å². The molecule has 102 valence electrons. The standard InChI is InChI=1S/C13H20N6/c1-18(8-10-3-5-14-6-4-10)12-11-7-17-19(2)13(11)16-9-15-12/h7,9-10,14H,3-6,8H2,1-2H3. The zero-order chi connectivity index (χ0) is 13.2. The van der Waals surface area contributed by atoms with E-state index in [1.54, 1.807) is 11.0 Å². The Hall–Kier alpha value is -1.69. The molecule has 0 saturated carbocycles. The van der Waals surface area contributed by atoms with Crippen LogP contribution in [0.5, 0.6) is 0 Å². The molecule has 0 amide bonds. The molecule has 2 aromatic rings. The van der Waals surface area contributed by atoms with Crippen LogP contribution in [-0.4, -0.2) is 46.4 Å². The maximum atomic E-state index is 4.43. The first-order chi connectivity index (χ1) is 9.25. The molecular formula is C13H20N6. The van der Waals surface area contributed by atoms with E-state index in [1.165, 1.54) is 12.8 Å². The number of piperidine rings is 1. The summed E-state index contributed by atoms with van der Waals surface area (Å²) >= 11 is 0. The molecular weight excluding hydrogens is 240 g/mol. The summed E-state index contributed by atoms with van der Waals surface area (Å²) in [5.41, 5.74) is 0.891. The molecule has 1 saturated heterocycles. The number of fused-ring (bicyclic) bond motifs is 1. The van der Waals surface area contributed by atoms with Crippen LogP contribution in [0.2, 0.25) is 0 Å². The highest BCUT2D eigenvalue weighted by atomic mass is 15.3. The van der Waals surface area contributed by atoms with Crippen molar-refractivity contribution in [3.05, 3.63) is 12.5 Å². The van der Waals surface area contributed by atoms with Gasteiger partial charge in [0.2, 0.25) is 0 Å². The van der Waals surface area contributed by atoms with E-state index in [2.05, 4.69) is 32.3 Å². The normalized spacial score (nSPS) is 16.9. The number of hydrogen-bond acceptors (Lipinski definition) is 5. The lowest BCUT2D eigenvalue weighted by atomic mass is 9.98. The van der Waals surface area contributed by atoms with E-state index in [0.29, 0.717) is 0 Å². The third kappa shape index (κ3) is 2.40. The molecule has 1 aliphatic heterocycles. The van der Waals surface area contributed by atoms with Crippen LogP contribution in [0.25, 0.3) is 11.0 Å². The summed E-state index contributed by atoms with van der Waals surface area (Å²) in [6.45, 7) is 3.30. The first-order valence-electron chi connectivity index (χ1n) is 6.80. The Labute approximate surface area is 112 Å². The molecule has 0 atom stereocenters. The Balaban J connectivity index is 1.82. The third-order valence-electron chi connectivity index (χ3n) is 3.86. The Morgan fingerprint density at radius 2 is 2.16 bits per heavy atom. The zero-order valence-corrected chi connectivity index (χ0v) is 11.5. The van der Waals surface area contributed by atoms with E-state index < -0.39 is 0 Å². The summed E-state index contributed by atoms with van der Waals surface area (Å²) in [4.78, 5) is 11.0. The first-order valence-corrected chi connectivity index (χ1v) is 6.80. The van der Waals surface area contributed by atoms with Gasteiger partial charge in [-0.1, -0.05) is 0 Å². The molecule has 0 bridgehead atoms. The minimum atomic E-state index is 0.743. The topological polar surface area (TPSA) is 58.9 Å². The monoisotopic (exact) mass is 260 g/mol. The highest BCUT2D eigenvalue weighted by Crippen LogP contribution is 2.23. The van der Waals surface area contributed by atoms with Crippen molar-refractivity contribution < 1.29 is 0 Å². The summed E-state index contributed by atoms with van der Waals surface area (Å²) < 4.78 is 1.79. The van der Waals surface area contributed by atoms with Crippen molar-refractivity contribution in [3.63, 3.8) is 0 Å². The second kappa shape index (κ2) is 5.13. The van der Waals surface area contributed by atoms with Gasteiger partial charge in [0, 0.05) is 20.6 Å². The summed E-state index contributed by atoms with van der Waals surface area (Å²) in [6.07, 6.45) is 5.96. The van der Waals surface area contributed by atoms with Crippen molar-refractivity contribution in [3.8, 4) is 0 Å². The van der Waals surface area contributed by atoms with Gasteiger partial charge in [-0.25, -0.2) is 9.97 Å². The Bertz CT molecular complexity index is 557. The van der Waals surface area contributed by atoms with Gasteiger partial charge in [0.05, 0.1) is 11.6 Å². The van der Waals surface area contributed by atoms with E-state index in [1.807, 2.05) is 13.2 Å². The molecule has 0 spiro atoms. The van der Waals surface area contributed by atoms with Crippen LogP contribution in [0.1, 0.15) is 12.8 Å². The molecule has 0 unspecified atom stereocenters. The van der Waals surface area contributed by atoms with Gasteiger partial charge in [-0.2, -0.15) is 5.10 Å². The molecule has 1 N–H and O–H groups in total. The fourth-order valence-corrected chi connectivity index (χ4v) is 2.79.